The number of nitrogens with zero attached hydrogens (tertiary/aromatic N) is 2. The average Bonchev–Trinajstić information content (AvgIpc) is 3.03. The minimum Gasteiger partial charge on any atom is -0.299 e. The molecule has 0 amide bonds. The third-order valence-corrected chi connectivity index (χ3v) is 4.91. The predicted molar refractivity (Wildman–Crippen MR) is 103 cm³/mol. The summed E-state index contributed by atoms with van der Waals surface area (Å²) >= 11 is 0. The van der Waals surface area contributed by atoms with Crippen LogP contribution in [0.3, 0.4) is 0 Å². The van der Waals surface area contributed by atoms with Gasteiger partial charge in [0.2, 0.25) is 0 Å². The fourth-order valence-electron chi connectivity index (χ4n) is 3.64. The highest BCUT2D eigenvalue weighted by Crippen LogP contribution is 2.30. The fraction of sp³-hybridized carbons (Fsp3) is 0.318. The number of unbranched alkanes of at least 4 members (excludes halogenated alkanes) is 3. The van der Waals surface area contributed by atoms with Crippen LogP contribution in [0.25, 0.3) is 27.3 Å². The van der Waals surface area contributed by atoms with Gasteiger partial charge in [-0.3, -0.25) is 4.40 Å². The molecule has 0 bridgehead atoms. The van der Waals surface area contributed by atoms with Crippen molar-refractivity contribution >= 4 is 27.3 Å². The molecule has 4 rings (SSSR count). The van der Waals surface area contributed by atoms with Gasteiger partial charge in [-0.15, -0.1) is 0 Å². The summed E-state index contributed by atoms with van der Waals surface area (Å²) in [4.78, 5) is 4.97. The van der Waals surface area contributed by atoms with Crippen LogP contribution in [-0.4, -0.2) is 9.38 Å². The number of imidazole rings is 1. The van der Waals surface area contributed by atoms with Crippen LogP contribution in [0.1, 0.15) is 43.9 Å². The Morgan fingerprint density at radius 2 is 1.75 bits per heavy atom. The van der Waals surface area contributed by atoms with Gasteiger partial charge in [0.15, 0.2) is 0 Å². The van der Waals surface area contributed by atoms with E-state index in [0.717, 1.165) is 12.1 Å². The zero-order chi connectivity index (χ0) is 16.5. The van der Waals surface area contributed by atoms with Crippen LogP contribution in [0, 0.1) is 6.92 Å². The molecule has 2 heterocycles. The number of hydrogen-bond donors (Lipinski definition) is 0. The van der Waals surface area contributed by atoms with Gasteiger partial charge in [0.05, 0.1) is 11.2 Å². The van der Waals surface area contributed by atoms with E-state index in [2.05, 4.69) is 66.9 Å². The van der Waals surface area contributed by atoms with Crippen LogP contribution in [0.2, 0.25) is 0 Å². The van der Waals surface area contributed by atoms with E-state index in [1.807, 2.05) is 0 Å². The highest BCUT2D eigenvalue weighted by atomic mass is 15.0. The highest BCUT2D eigenvalue weighted by molar-refractivity contribution is 6.11. The molecule has 0 unspecified atom stereocenters. The van der Waals surface area contributed by atoms with Gasteiger partial charge < -0.3 is 0 Å². The molecule has 0 spiro atoms. The highest BCUT2D eigenvalue weighted by Gasteiger charge is 2.11. The summed E-state index contributed by atoms with van der Waals surface area (Å²) in [7, 11) is 0. The second kappa shape index (κ2) is 6.27. The molecule has 2 aromatic carbocycles. The Morgan fingerprint density at radius 1 is 0.917 bits per heavy atom. The standard InChI is InChI=1S/C22H24N2/c1-3-4-5-6-9-17-15-24-21-13-12-16(2)14-20(21)18-10-7-8-11-19(18)22(24)23-17/h7-8,10-15H,3-6,9H2,1-2H3. The Balaban J connectivity index is 1.91. The smallest absolute Gasteiger partial charge is 0.145 e. The summed E-state index contributed by atoms with van der Waals surface area (Å²) in [6, 6.07) is 15.4. The minimum absolute atomic E-state index is 1.07. The summed E-state index contributed by atoms with van der Waals surface area (Å²) in [6.07, 6.45) is 8.44. The van der Waals surface area contributed by atoms with E-state index >= 15 is 0 Å². The molecule has 0 radical (unpaired) electrons. The molecule has 4 aromatic rings. The van der Waals surface area contributed by atoms with Crippen LogP contribution < -0.4 is 0 Å². The predicted octanol–water partition coefficient (Wildman–Crippen LogP) is 6.07. The van der Waals surface area contributed by atoms with Crippen molar-refractivity contribution in [2.75, 3.05) is 0 Å². The van der Waals surface area contributed by atoms with Crippen LogP contribution in [0.15, 0.2) is 48.7 Å². The van der Waals surface area contributed by atoms with E-state index in [9.17, 15) is 0 Å². The maximum absolute atomic E-state index is 4.97. The lowest BCUT2D eigenvalue weighted by Crippen LogP contribution is -1.90. The van der Waals surface area contributed by atoms with Crippen molar-refractivity contribution in [3.8, 4) is 0 Å². The summed E-state index contributed by atoms with van der Waals surface area (Å²) in [5.74, 6) is 0. The van der Waals surface area contributed by atoms with E-state index in [1.54, 1.807) is 0 Å². The topological polar surface area (TPSA) is 17.3 Å². The van der Waals surface area contributed by atoms with Gasteiger partial charge in [0, 0.05) is 17.0 Å². The van der Waals surface area contributed by atoms with Crippen molar-refractivity contribution in [1.29, 1.82) is 0 Å². The Labute approximate surface area is 143 Å². The molecule has 0 atom stereocenters. The Bertz CT molecular complexity index is 1010. The van der Waals surface area contributed by atoms with E-state index in [0.29, 0.717) is 0 Å². The van der Waals surface area contributed by atoms with E-state index in [1.165, 1.54) is 58.6 Å². The minimum atomic E-state index is 1.07. The van der Waals surface area contributed by atoms with Crippen LogP contribution >= 0.6 is 0 Å². The van der Waals surface area contributed by atoms with Gasteiger partial charge in [-0.25, -0.2) is 4.98 Å². The lowest BCUT2D eigenvalue weighted by Gasteiger charge is -2.08. The van der Waals surface area contributed by atoms with Gasteiger partial charge in [0.25, 0.3) is 0 Å². The van der Waals surface area contributed by atoms with Gasteiger partial charge in [-0.2, -0.15) is 0 Å². The van der Waals surface area contributed by atoms with E-state index < -0.39 is 0 Å². The third-order valence-electron chi connectivity index (χ3n) is 4.91. The van der Waals surface area contributed by atoms with Crippen LogP contribution in [-0.2, 0) is 6.42 Å². The second-order valence-corrected chi connectivity index (χ2v) is 6.80. The largest absolute Gasteiger partial charge is 0.299 e. The number of pyridine rings is 1. The number of aryl methyl sites for hydroxylation is 2. The van der Waals surface area contributed by atoms with Gasteiger partial charge in [-0.1, -0.05) is 62.1 Å². The van der Waals surface area contributed by atoms with Gasteiger partial charge >= 0.3 is 0 Å². The summed E-state index contributed by atoms with van der Waals surface area (Å²) in [5, 5.41) is 3.86. The lowest BCUT2D eigenvalue weighted by atomic mass is 10.0. The zero-order valence-electron chi connectivity index (χ0n) is 14.5. The quantitative estimate of drug-likeness (QED) is 0.322. The number of aromatic nitrogens is 2. The average molecular weight is 316 g/mol. The maximum atomic E-state index is 4.97. The van der Waals surface area contributed by atoms with Crippen molar-refractivity contribution in [2.45, 2.75) is 46.0 Å². The Morgan fingerprint density at radius 3 is 2.58 bits per heavy atom. The molecule has 2 nitrogen and oxygen atoms in total. The molecule has 0 aliphatic rings. The molecular weight excluding hydrogens is 292 g/mol. The Hall–Kier alpha value is -2.35. The van der Waals surface area contributed by atoms with Gasteiger partial charge in [-0.05, 0) is 37.3 Å². The third kappa shape index (κ3) is 2.56. The molecule has 0 aliphatic heterocycles. The zero-order valence-corrected chi connectivity index (χ0v) is 14.5. The lowest BCUT2D eigenvalue weighted by molar-refractivity contribution is 0.662. The summed E-state index contributed by atoms with van der Waals surface area (Å²) in [5.41, 5.74) is 4.85. The van der Waals surface area contributed by atoms with E-state index in [-0.39, 0.29) is 0 Å². The Kier molecular flexibility index (Phi) is 3.97. The molecule has 0 saturated carbocycles. The number of hydrogen-bond acceptors (Lipinski definition) is 1. The first-order valence-electron chi connectivity index (χ1n) is 9.07. The van der Waals surface area contributed by atoms with Gasteiger partial charge in [0.1, 0.15) is 5.65 Å². The second-order valence-electron chi connectivity index (χ2n) is 6.80. The molecule has 0 saturated heterocycles. The monoisotopic (exact) mass is 316 g/mol. The number of fused-ring (bicyclic) bond motifs is 6. The SMILES string of the molecule is CCCCCCc1cn2c3ccc(C)cc3c3ccccc3c2n1. The van der Waals surface area contributed by atoms with Crippen LogP contribution in [0.4, 0.5) is 0 Å². The van der Waals surface area contributed by atoms with Crippen molar-refractivity contribution < 1.29 is 0 Å². The van der Waals surface area contributed by atoms with Crippen molar-refractivity contribution in [3.63, 3.8) is 0 Å². The summed E-state index contributed by atoms with van der Waals surface area (Å²) in [6.45, 7) is 4.41. The molecule has 2 heteroatoms. The van der Waals surface area contributed by atoms with Crippen molar-refractivity contribution in [1.82, 2.24) is 9.38 Å². The number of rotatable bonds is 5. The molecule has 24 heavy (non-hydrogen) atoms. The van der Waals surface area contributed by atoms with Crippen molar-refractivity contribution in [3.05, 3.63) is 59.9 Å². The number of benzene rings is 2. The normalized spacial score (nSPS) is 11.8. The first-order valence-corrected chi connectivity index (χ1v) is 9.07. The first kappa shape index (κ1) is 15.2. The van der Waals surface area contributed by atoms with E-state index in [4.69, 9.17) is 4.98 Å². The molecular formula is C22H24N2. The molecule has 0 N–H and O–H groups in total. The summed E-state index contributed by atoms with van der Waals surface area (Å²) < 4.78 is 2.28. The van der Waals surface area contributed by atoms with Crippen LogP contribution in [0.5, 0.6) is 0 Å². The first-order chi connectivity index (χ1) is 11.8. The maximum Gasteiger partial charge on any atom is 0.145 e. The molecule has 0 aliphatic carbocycles. The van der Waals surface area contributed by atoms with Crippen molar-refractivity contribution in [2.24, 2.45) is 0 Å². The molecule has 2 aromatic heterocycles. The fourth-order valence-corrected chi connectivity index (χ4v) is 3.64. The molecule has 0 fully saturated rings. The molecule has 122 valence electrons.